The second kappa shape index (κ2) is 6.21. The van der Waals surface area contributed by atoms with Crippen molar-refractivity contribution < 1.29 is 9.90 Å². The summed E-state index contributed by atoms with van der Waals surface area (Å²) in [6.45, 7) is 14.2. The van der Waals surface area contributed by atoms with Gasteiger partial charge in [0, 0.05) is 16.0 Å². The van der Waals surface area contributed by atoms with Crippen LogP contribution in [0, 0.1) is 0 Å². The highest BCUT2D eigenvalue weighted by Crippen LogP contribution is 2.42. The van der Waals surface area contributed by atoms with Crippen LogP contribution in [0.2, 0.25) is 0 Å². The van der Waals surface area contributed by atoms with E-state index in [4.69, 9.17) is 11.6 Å². The van der Waals surface area contributed by atoms with Crippen molar-refractivity contribution in [1.82, 2.24) is 0 Å². The van der Waals surface area contributed by atoms with Crippen LogP contribution in [0.3, 0.4) is 0 Å². The highest BCUT2D eigenvalue weighted by molar-refractivity contribution is 8.00. The third-order valence-electron chi connectivity index (χ3n) is 3.33. The molecule has 2 nitrogen and oxygen atoms in total. The maximum atomic E-state index is 11.3. The Balaban J connectivity index is 3.44. The summed E-state index contributed by atoms with van der Waals surface area (Å²) in [5, 5.41) is 9.96. The van der Waals surface area contributed by atoms with E-state index in [1.165, 1.54) is 11.8 Å². The summed E-state index contributed by atoms with van der Waals surface area (Å²) in [5.41, 5.74) is 1.45. The zero-order valence-corrected chi connectivity index (χ0v) is 15.4. The molecule has 0 aromatic heterocycles. The Hall–Kier alpha value is -0.670. The van der Waals surface area contributed by atoms with Crippen molar-refractivity contribution in [3.05, 3.63) is 23.3 Å². The van der Waals surface area contributed by atoms with Crippen molar-refractivity contribution in [3.63, 3.8) is 0 Å². The monoisotopic (exact) mass is 328 g/mol. The van der Waals surface area contributed by atoms with Crippen molar-refractivity contribution in [2.45, 2.75) is 69.4 Å². The molecule has 0 aliphatic carbocycles. The number of halogens is 1. The SMILES string of the molecule is C[C@@H](Sc1cc(C(C)(C)C)c(O)c(C(C)(C)C)c1)C(=O)Cl. The number of carbonyl (C=O) groups excluding carboxylic acids is 1. The predicted octanol–water partition coefficient (Wildman–Crippen LogP) is 5.23. The molecule has 118 valence electrons. The lowest BCUT2D eigenvalue weighted by Crippen LogP contribution is -2.17. The largest absolute Gasteiger partial charge is 0.507 e. The van der Waals surface area contributed by atoms with Crippen molar-refractivity contribution in [2.24, 2.45) is 0 Å². The summed E-state index contributed by atoms with van der Waals surface area (Å²) in [5.74, 6) is 0.351. The van der Waals surface area contributed by atoms with E-state index in [-0.39, 0.29) is 21.3 Å². The molecule has 21 heavy (non-hydrogen) atoms. The number of thioether (sulfide) groups is 1. The highest BCUT2D eigenvalue weighted by atomic mass is 35.5. The van der Waals surface area contributed by atoms with E-state index in [2.05, 4.69) is 41.5 Å². The van der Waals surface area contributed by atoms with Crippen LogP contribution in [-0.4, -0.2) is 15.6 Å². The summed E-state index contributed by atoms with van der Waals surface area (Å²) >= 11 is 6.99. The lowest BCUT2D eigenvalue weighted by molar-refractivity contribution is -0.111. The lowest BCUT2D eigenvalue weighted by atomic mass is 9.79. The topological polar surface area (TPSA) is 37.3 Å². The molecule has 1 N–H and O–H groups in total. The highest BCUT2D eigenvalue weighted by Gasteiger charge is 2.27. The molecule has 0 amide bonds. The number of phenolic OH excluding ortho intramolecular Hbond substituents is 1. The molecular weight excluding hydrogens is 304 g/mol. The second-order valence-electron chi connectivity index (χ2n) is 7.43. The van der Waals surface area contributed by atoms with Gasteiger partial charge >= 0.3 is 0 Å². The van der Waals surface area contributed by atoms with Crippen molar-refractivity contribution in [2.75, 3.05) is 0 Å². The van der Waals surface area contributed by atoms with E-state index in [9.17, 15) is 9.90 Å². The summed E-state index contributed by atoms with van der Waals surface area (Å²) in [6, 6.07) is 3.93. The third-order valence-corrected chi connectivity index (χ3v) is 4.86. The fourth-order valence-electron chi connectivity index (χ4n) is 2.07. The first-order chi connectivity index (χ1) is 9.34. The number of hydrogen-bond acceptors (Lipinski definition) is 3. The molecule has 1 rings (SSSR count). The average molecular weight is 329 g/mol. The first-order valence-electron chi connectivity index (χ1n) is 7.08. The van der Waals surface area contributed by atoms with E-state index < -0.39 is 0 Å². The molecular formula is C17H25ClO2S. The quantitative estimate of drug-likeness (QED) is 0.609. The van der Waals surface area contributed by atoms with Gasteiger partial charge in [0.1, 0.15) is 5.75 Å². The Morgan fingerprint density at radius 2 is 1.48 bits per heavy atom. The zero-order chi connectivity index (χ0) is 16.6. The number of benzene rings is 1. The maximum Gasteiger partial charge on any atom is 0.234 e. The molecule has 0 aliphatic heterocycles. The van der Waals surface area contributed by atoms with Crippen LogP contribution in [-0.2, 0) is 15.6 Å². The minimum atomic E-state index is -0.359. The van der Waals surface area contributed by atoms with Crippen molar-refractivity contribution in [1.29, 1.82) is 0 Å². The van der Waals surface area contributed by atoms with Crippen LogP contribution in [0.15, 0.2) is 17.0 Å². The predicted molar refractivity (Wildman–Crippen MR) is 91.7 cm³/mol. The number of rotatable bonds is 3. The van der Waals surface area contributed by atoms with Crippen LogP contribution in [0.5, 0.6) is 5.75 Å². The normalized spacial score (nSPS) is 14.1. The Kier molecular flexibility index (Phi) is 5.44. The Morgan fingerprint density at radius 1 is 1.10 bits per heavy atom. The van der Waals surface area contributed by atoms with Crippen molar-refractivity contribution in [3.8, 4) is 5.75 Å². The Bertz CT molecular complexity index is 504. The van der Waals surface area contributed by atoms with Crippen LogP contribution >= 0.6 is 23.4 Å². The van der Waals surface area contributed by atoms with E-state index in [1.54, 1.807) is 6.92 Å². The van der Waals surface area contributed by atoms with Crippen LogP contribution in [0.1, 0.15) is 59.6 Å². The number of carbonyl (C=O) groups is 1. The van der Waals surface area contributed by atoms with Gasteiger partial charge in [-0.1, -0.05) is 41.5 Å². The summed E-state index contributed by atoms with van der Waals surface area (Å²) < 4.78 is 0. The van der Waals surface area contributed by atoms with Gasteiger partial charge in [-0.25, -0.2) is 0 Å². The molecule has 1 atom stereocenters. The van der Waals surface area contributed by atoms with Gasteiger partial charge in [0.2, 0.25) is 5.24 Å². The molecule has 0 spiro atoms. The lowest BCUT2D eigenvalue weighted by Gasteiger charge is -2.28. The summed E-state index contributed by atoms with van der Waals surface area (Å²) in [6.07, 6.45) is 0. The van der Waals surface area contributed by atoms with Crippen LogP contribution in [0.25, 0.3) is 0 Å². The molecule has 0 fully saturated rings. The first kappa shape index (κ1) is 18.4. The molecule has 1 aromatic carbocycles. The van der Waals surface area contributed by atoms with E-state index in [1.807, 2.05) is 12.1 Å². The van der Waals surface area contributed by atoms with E-state index in [0.29, 0.717) is 5.75 Å². The average Bonchev–Trinajstić information content (AvgIpc) is 2.27. The van der Waals surface area contributed by atoms with Crippen molar-refractivity contribution >= 4 is 28.6 Å². The van der Waals surface area contributed by atoms with Gasteiger partial charge in [0.05, 0.1) is 5.25 Å². The summed E-state index contributed by atoms with van der Waals surface area (Å²) in [7, 11) is 0. The first-order valence-corrected chi connectivity index (χ1v) is 8.33. The molecule has 4 heteroatoms. The fourth-order valence-corrected chi connectivity index (χ4v) is 3.08. The van der Waals surface area contributed by atoms with Gasteiger partial charge < -0.3 is 5.11 Å². The van der Waals surface area contributed by atoms with Gasteiger partial charge in [-0.15, -0.1) is 11.8 Å². The Morgan fingerprint density at radius 3 is 1.76 bits per heavy atom. The fraction of sp³-hybridized carbons (Fsp3) is 0.588. The molecule has 0 saturated heterocycles. The van der Waals surface area contributed by atoms with E-state index in [0.717, 1.165) is 16.0 Å². The molecule has 0 radical (unpaired) electrons. The molecule has 0 unspecified atom stereocenters. The number of hydrogen-bond donors (Lipinski definition) is 1. The molecule has 0 heterocycles. The maximum absolute atomic E-state index is 11.3. The minimum absolute atomic E-state index is 0.172. The van der Waals surface area contributed by atoms with E-state index >= 15 is 0 Å². The molecule has 0 aliphatic rings. The minimum Gasteiger partial charge on any atom is -0.507 e. The second-order valence-corrected chi connectivity index (χ2v) is 9.22. The molecule has 1 aromatic rings. The summed E-state index contributed by atoms with van der Waals surface area (Å²) in [4.78, 5) is 12.2. The zero-order valence-electron chi connectivity index (χ0n) is 13.9. The molecule has 0 bridgehead atoms. The van der Waals surface area contributed by atoms with Gasteiger partial charge in [-0.05, 0) is 41.5 Å². The number of aromatic hydroxyl groups is 1. The van der Waals surface area contributed by atoms with Gasteiger partial charge in [0.15, 0.2) is 0 Å². The standard InChI is InChI=1S/C17H25ClO2S/c1-10(15(18)20)21-11-8-12(16(2,3)4)14(19)13(9-11)17(5,6)7/h8-10,19H,1-7H3/t10-/m1/s1. The Labute approximate surface area is 137 Å². The van der Waals surface area contributed by atoms with Crippen LogP contribution in [0.4, 0.5) is 0 Å². The number of phenols is 1. The third kappa shape index (κ3) is 4.65. The smallest absolute Gasteiger partial charge is 0.234 e. The van der Waals surface area contributed by atoms with Gasteiger partial charge in [0.25, 0.3) is 0 Å². The van der Waals surface area contributed by atoms with Gasteiger partial charge in [-0.2, -0.15) is 0 Å². The molecule has 0 saturated carbocycles. The van der Waals surface area contributed by atoms with Gasteiger partial charge in [-0.3, -0.25) is 4.79 Å². The van der Waals surface area contributed by atoms with Crippen LogP contribution < -0.4 is 0 Å².